The van der Waals surface area contributed by atoms with E-state index in [-0.39, 0.29) is 18.8 Å². The molecule has 2 aromatic rings. The Morgan fingerprint density at radius 1 is 1.25 bits per heavy atom. The highest BCUT2D eigenvalue weighted by atomic mass is 35.5. The number of rotatable bonds is 8. The van der Waals surface area contributed by atoms with Crippen molar-refractivity contribution in [3.05, 3.63) is 57.9 Å². The van der Waals surface area contributed by atoms with Gasteiger partial charge in [-0.1, -0.05) is 29.8 Å². The lowest BCUT2D eigenvalue weighted by Crippen LogP contribution is -2.35. The molecule has 1 atom stereocenters. The molecular weight excluding hydrogens is 382 g/mol. The number of carbonyl (C=O) groups excluding carboxylic acids is 3. The molecule has 28 heavy (non-hydrogen) atoms. The van der Waals surface area contributed by atoms with Gasteiger partial charge in [-0.2, -0.15) is 0 Å². The van der Waals surface area contributed by atoms with E-state index in [2.05, 4.69) is 5.32 Å². The molecule has 1 aromatic carbocycles. The number of ether oxygens (including phenoxy) is 1. The van der Waals surface area contributed by atoms with Gasteiger partial charge in [-0.3, -0.25) is 9.59 Å². The van der Waals surface area contributed by atoms with Crippen LogP contribution in [0.15, 0.2) is 30.3 Å². The van der Waals surface area contributed by atoms with E-state index < -0.39 is 18.0 Å². The maximum Gasteiger partial charge on any atom is 0.312 e. The number of esters is 1. The number of ketones is 1. The van der Waals surface area contributed by atoms with Crippen LogP contribution in [0.25, 0.3) is 0 Å². The van der Waals surface area contributed by atoms with E-state index in [1.807, 2.05) is 25.3 Å². The average molecular weight is 406 g/mol. The molecule has 0 saturated carbocycles. The van der Waals surface area contributed by atoms with E-state index in [4.69, 9.17) is 22.1 Å². The number of nitrogens with zero attached hydrogens (tertiary/aromatic N) is 1. The first-order valence-electron chi connectivity index (χ1n) is 8.90. The van der Waals surface area contributed by atoms with Crippen LogP contribution in [-0.2, 0) is 16.1 Å². The molecule has 2 rings (SSSR count). The number of halogens is 1. The van der Waals surface area contributed by atoms with Crippen LogP contribution in [0.2, 0.25) is 5.02 Å². The Morgan fingerprint density at radius 3 is 2.50 bits per heavy atom. The van der Waals surface area contributed by atoms with Crippen molar-refractivity contribution in [3.63, 3.8) is 0 Å². The Kier molecular flexibility index (Phi) is 7.23. The Balaban J connectivity index is 2.04. The molecule has 7 nitrogen and oxygen atoms in total. The number of hydrogen-bond acceptors (Lipinski definition) is 4. The average Bonchev–Trinajstić information content (AvgIpc) is 2.93. The number of benzene rings is 1. The molecule has 0 saturated heterocycles. The summed E-state index contributed by atoms with van der Waals surface area (Å²) in [4.78, 5) is 36.0. The van der Waals surface area contributed by atoms with Crippen LogP contribution < -0.4 is 11.1 Å². The monoisotopic (exact) mass is 405 g/mol. The second-order valence-corrected chi connectivity index (χ2v) is 6.81. The van der Waals surface area contributed by atoms with Gasteiger partial charge in [0.15, 0.2) is 6.61 Å². The van der Waals surface area contributed by atoms with Crippen molar-refractivity contribution in [2.75, 3.05) is 6.61 Å². The third kappa shape index (κ3) is 5.13. The highest BCUT2D eigenvalue weighted by Crippen LogP contribution is 2.25. The zero-order chi connectivity index (χ0) is 20.8. The number of carbonyl (C=O) groups is 3. The van der Waals surface area contributed by atoms with Crippen LogP contribution in [-0.4, -0.2) is 29.0 Å². The van der Waals surface area contributed by atoms with E-state index in [0.717, 1.165) is 17.9 Å². The molecule has 0 fully saturated rings. The number of aromatic nitrogens is 1. The van der Waals surface area contributed by atoms with Crippen molar-refractivity contribution in [1.29, 1.82) is 0 Å². The molecule has 0 unspecified atom stereocenters. The van der Waals surface area contributed by atoms with Gasteiger partial charge in [0.25, 0.3) is 0 Å². The molecule has 150 valence electrons. The van der Waals surface area contributed by atoms with Crippen molar-refractivity contribution < 1.29 is 19.1 Å². The number of Topliss-reactive ketones (excluding diaryl/α,β-unsaturated/α-hetero) is 1. The number of amides is 2. The highest BCUT2D eigenvalue weighted by molar-refractivity contribution is 6.31. The summed E-state index contributed by atoms with van der Waals surface area (Å²) in [6.45, 7) is 6.15. The van der Waals surface area contributed by atoms with E-state index in [1.54, 1.807) is 30.3 Å². The molecule has 2 amide bonds. The van der Waals surface area contributed by atoms with Crippen LogP contribution in [0.3, 0.4) is 0 Å². The zero-order valence-corrected chi connectivity index (χ0v) is 16.9. The predicted octanol–water partition coefficient (Wildman–Crippen LogP) is 3.30. The van der Waals surface area contributed by atoms with E-state index in [1.165, 1.54) is 0 Å². The van der Waals surface area contributed by atoms with Gasteiger partial charge in [-0.05, 0) is 38.5 Å². The Labute approximate surface area is 168 Å². The first kappa shape index (κ1) is 21.5. The van der Waals surface area contributed by atoms with Crippen molar-refractivity contribution in [3.8, 4) is 0 Å². The Morgan fingerprint density at radius 2 is 1.93 bits per heavy atom. The van der Waals surface area contributed by atoms with Gasteiger partial charge in [0, 0.05) is 28.5 Å². The lowest BCUT2D eigenvalue weighted by atomic mass is 10.0. The van der Waals surface area contributed by atoms with E-state index in [0.29, 0.717) is 16.1 Å². The second kappa shape index (κ2) is 9.41. The van der Waals surface area contributed by atoms with Crippen LogP contribution in [0.5, 0.6) is 0 Å². The van der Waals surface area contributed by atoms with Crippen LogP contribution in [0.4, 0.5) is 4.79 Å². The fraction of sp³-hybridized carbons (Fsp3) is 0.350. The van der Waals surface area contributed by atoms with Gasteiger partial charge < -0.3 is 20.4 Å². The molecule has 8 heteroatoms. The Bertz CT molecular complexity index is 892. The molecule has 0 spiro atoms. The smallest absolute Gasteiger partial charge is 0.312 e. The van der Waals surface area contributed by atoms with Crippen LogP contribution in [0, 0.1) is 13.8 Å². The predicted molar refractivity (Wildman–Crippen MR) is 106 cm³/mol. The number of urea groups is 1. The molecule has 3 N–H and O–H groups in total. The minimum atomic E-state index is -0.791. The van der Waals surface area contributed by atoms with Crippen molar-refractivity contribution >= 4 is 29.4 Å². The number of hydrogen-bond donors (Lipinski definition) is 2. The minimum absolute atomic E-state index is 0.200. The summed E-state index contributed by atoms with van der Waals surface area (Å²) in [6, 6.07) is 7.04. The number of aryl methyl sites for hydroxylation is 1. The quantitative estimate of drug-likeness (QED) is 0.519. The number of nitrogens with two attached hydrogens (primary N) is 1. The summed E-state index contributed by atoms with van der Waals surface area (Å²) >= 11 is 6.14. The zero-order valence-electron chi connectivity index (χ0n) is 16.1. The summed E-state index contributed by atoms with van der Waals surface area (Å²) < 4.78 is 7.15. The van der Waals surface area contributed by atoms with E-state index in [9.17, 15) is 14.4 Å². The van der Waals surface area contributed by atoms with Crippen molar-refractivity contribution in [2.24, 2.45) is 5.73 Å². The summed E-state index contributed by atoms with van der Waals surface area (Å²) in [5.74, 6) is -0.922. The van der Waals surface area contributed by atoms with Gasteiger partial charge >= 0.3 is 12.0 Å². The minimum Gasteiger partial charge on any atom is -0.457 e. The maximum absolute atomic E-state index is 12.4. The van der Waals surface area contributed by atoms with Crippen molar-refractivity contribution in [1.82, 2.24) is 9.88 Å². The number of primary amides is 1. The first-order valence-corrected chi connectivity index (χ1v) is 9.28. The lowest BCUT2D eigenvalue weighted by molar-refractivity contribution is -0.143. The first-order chi connectivity index (χ1) is 13.2. The molecule has 0 bridgehead atoms. The van der Waals surface area contributed by atoms with Gasteiger partial charge in [0.1, 0.15) is 0 Å². The molecule has 0 aliphatic carbocycles. The normalized spacial score (nSPS) is 11.7. The fourth-order valence-electron chi connectivity index (χ4n) is 3.19. The molecule has 0 radical (unpaired) electrons. The van der Waals surface area contributed by atoms with Gasteiger partial charge in [-0.15, -0.1) is 0 Å². The largest absolute Gasteiger partial charge is 0.457 e. The molecule has 1 heterocycles. The molecular formula is C20H24ClN3O4. The molecule has 1 aromatic heterocycles. The fourth-order valence-corrected chi connectivity index (χ4v) is 3.45. The SMILES string of the molecule is CCn1c(C)cc(C(=O)COC(=O)C[C@H](NC(N)=O)c2ccccc2Cl)c1C. The topological polar surface area (TPSA) is 103 Å². The third-order valence-electron chi connectivity index (χ3n) is 4.52. The lowest BCUT2D eigenvalue weighted by Gasteiger charge is -2.18. The number of nitrogens with one attached hydrogen (secondary N) is 1. The van der Waals surface area contributed by atoms with Crippen molar-refractivity contribution in [2.45, 2.75) is 39.8 Å². The highest BCUT2D eigenvalue weighted by Gasteiger charge is 2.22. The van der Waals surface area contributed by atoms with Gasteiger partial charge in [0.2, 0.25) is 5.78 Å². The standard InChI is InChI=1S/C20H24ClN3O4/c1-4-24-12(2)9-15(13(24)3)18(25)11-28-19(26)10-17(23-20(22)27)14-7-5-6-8-16(14)21/h5-9,17H,4,10-11H2,1-3H3,(H3,22,23,27)/t17-/m0/s1. The van der Waals surface area contributed by atoms with Crippen LogP contribution in [0.1, 0.15) is 46.7 Å². The van der Waals surface area contributed by atoms with E-state index >= 15 is 0 Å². The Hall–Kier alpha value is -2.80. The second-order valence-electron chi connectivity index (χ2n) is 6.40. The summed E-state index contributed by atoms with van der Waals surface area (Å²) in [5.41, 5.74) is 8.08. The summed E-state index contributed by atoms with van der Waals surface area (Å²) in [7, 11) is 0. The van der Waals surface area contributed by atoms with Gasteiger partial charge in [-0.25, -0.2) is 4.79 Å². The van der Waals surface area contributed by atoms with Crippen LogP contribution >= 0.6 is 11.6 Å². The third-order valence-corrected chi connectivity index (χ3v) is 4.87. The molecule has 0 aliphatic rings. The van der Waals surface area contributed by atoms with Gasteiger partial charge in [0.05, 0.1) is 12.5 Å². The summed E-state index contributed by atoms with van der Waals surface area (Å²) in [6.07, 6.45) is -0.200. The maximum atomic E-state index is 12.4. The summed E-state index contributed by atoms with van der Waals surface area (Å²) in [5, 5.41) is 2.87. The molecule has 0 aliphatic heterocycles.